The largest absolute Gasteiger partial charge is 2.00 e. The number of aliphatic imine (C=N–C) groups is 3. The molecule has 8 bridgehead atoms. The molecule has 0 unspecified atom stereocenters. The Kier molecular flexibility index (Phi) is 9.00. The van der Waals surface area contributed by atoms with Crippen molar-refractivity contribution in [1.82, 2.24) is 4.98 Å². The molecule has 11 nitrogen and oxygen atoms in total. The van der Waals surface area contributed by atoms with Crippen LogP contribution < -0.4 is 20.9 Å². The van der Waals surface area contributed by atoms with Gasteiger partial charge in [-0.25, -0.2) is 19.8 Å². The predicted molar refractivity (Wildman–Crippen MR) is 179 cm³/mol. The number of H-pyrrole nitrogens is 1. The number of nitrogens with one attached hydrogen (secondary N) is 1. The number of allylic oxidation sites excluding steroid dienone is 9. The summed E-state index contributed by atoms with van der Waals surface area (Å²) in [6.07, 6.45) is 10.5. The number of hydrogen-bond donors (Lipinski definition) is 1. The Morgan fingerprint density at radius 3 is 2.25 bits per heavy atom. The third-order valence-electron chi connectivity index (χ3n) is 8.67. The summed E-state index contributed by atoms with van der Waals surface area (Å²) in [6.45, 7) is 13.2. The Morgan fingerprint density at radius 2 is 1.62 bits per heavy atom. The SMILES string of the molecule is C=CC1=C(C)C2=CC3=NC(=C4C5=NC(=C(C)C5=C([O-])[C@@H]4C(=O)OC)C=c4[nH]c(c(C(=O)OC)c4C=C)=CC1=N2)C(/C=C/C(=O)[O-])=C3C.[Mg+2]. The first-order chi connectivity index (χ1) is 22.4. The molecule has 0 amide bonds. The van der Waals surface area contributed by atoms with E-state index in [0.717, 1.165) is 11.6 Å². The van der Waals surface area contributed by atoms with Gasteiger partial charge in [0.15, 0.2) is 0 Å². The van der Waals surface area contributed by atoms with E-state index < -0.39 is 29.6 Å². The van der Waals surface area contributed by atoms with E-state index in [1.807, 2.05) is 6.92 Å². The number of fused-ring (bicyclic) bond motifs is 5. The van der Waals surface area contributed by atoms with E-state index in [-0.39, 0.29) is 51.2 Å². The van der Waals surface area contributed by atoms with Crippen LogP contribution in [0.15, 0.2) is 114 Å². The summed E-state index contributed by atoms with van der Waals surface area (Å²) in [5, 5.41) is 26.4. The zero-order valence-corrected chi connectivity index (χ0v) is 28.4. The number of aromatic amines is 1. The molecule has 4 aliphatic heterocycles. The van der Waals surface area contributed by atoms with Gasteiger partial charge in [-0.3, -0.25) is 4.79 Å². The van der Waals surface area contributed by atoms with Crippen molar-refractivity contribution in [3.63, 3.8) is 0 Å². The van der Waals surface area contributed by atoms with Gasteiger partial charge in [-0.2, -0.15) is 0 Å². The summed E-state index contributed by atoms with van der Waals surface area (Å²) in [4.78, 5) is 55.6. The van der Waals surface area contributed by atoms with Crippen molar-refractivity contribution < 1.29 is 34.1 Å². The fourth-order valence-corrected chi connectivity index (χ4v) is 6.31. The Balaban J connectivity index is 0.00000451. The van der Waals surface area contributed by atoms with Gasteiger partial charge in [0.25, 0.3) is 0 Å². The molecule has 1 N–H and O–H groups in total. The van der Waals surface area contributed by atoms with Gasteiger partial charge in [-0.15, -0.1) is 5.76 Å². The molecule has 0 saturated heterocycles. The molecule has 5 heterocycles. The second-order valence-corrected chi connectivity index (χ2v) is 11.1. The van der Waals surface area contributed by atoms with Crippen LogP contribution in [0.1, 0.15) is 36.7 Å². The molecular formula is C36H28MgN4O7. The van der Waals surface area contributed by atoms with Crippen LogP contribution in [0.25, 0.3) is 18.2 Å². The van der Waals surface area contributed by atoms with Gasteiger partial charge in [0.2, 0.25) is 0 Å². The molecule has 0 aromatic carbocycles. The van der Waals surface area contributed by atoms with Crippen LogP contribution in [-0.2, 0) is 19.1 Å². The fraction of sp³-hybridized carbons (Fsp3) is 0.167. The van der Waals surface area contributed by atoms with Gasteiger partial charge in [0.05, 0.1) is 71.2 Å². The molecule has 236 valence electrons. The quantitative estimate of drug-likeness (QED) is 0.271. The molecule has 0 radical (unpaired) electrons. The Bertz CT molecular complexity index is 2240. The summed E-state index contributed by atoms with van der Waals surface area (Å²) < 4.78 is 10.2. The first kappa shape index (κ1) is 34.0. The van der Waals surface area contributed by atoms with E-state index in [2.05, 4.69) is 18.1 Å². The summed E-state index contributed by atoms with van der Waals surface area (Å²) in [5.74, 6) is -4.75. The van der Waals surface area contributed by atoms with Crippen LogP contribution in [0.4, 0.5) is 0 Å². The summed E-state index contributed by atoms with van der Waals surface area (Å²) in [5.41, 5.74) is 6.26. The van der Waals surface area contributed by atoms with Crippen molar-refractivity contribution in [2.45, 2.75) is 20.8 Å². The van der Waals surface area contributed by atoms with Crippen molar-refractivity contribution >= 4 is 76.3 Å². The predicted octanol–water partition coefficient (Wildman–Crippen LogP) is 0.956. The number of carbonyl (C=O) groups excluding carboxylic acids is 3. The molecule has 1 aromatic rings. The van der Waals surface area contributed by atoms with E-state index in [4.69, 9.17) is 24.5 Å². The number of aliphatic carboxylic acids is 1. The fourth-order valence-electron chi connectivity index (χ4n) is 6.31. The van der Waals surface area contributed by atoms with Gasteiger partial charge in [-0.1, -0.05) is 31.4 Å². The van der Waals surface area contributed by atoms with Gasteiger partial charge in [0.1, 0.15) is 0 Å². The van der Waals surface area contributed by atoms with Gasteiger partial charge >= 0.3 is 35.0 Å². The Labute approximate surface area is 291 Å². The van der Waals surface area contributed by atoms with Crippen LogP contribution in [0, 0.1) is 5.92 Å². The molecule has 48 heavy (non-hydrogen) atoms. The molecular weight excluding hydrogens is 625 g/mol. The van der Waals surface area contributed by atoms with E-state index in [1.54, 1.807) is 38.2 Å². The van der Waals surface area contributed by atoms with Crippen LogP contribution >= 0.6 is 0 Å². The second kappa shape index (κ2) is 12.7. The second-order valence-electron chi connectivity index (χ2n) is 11.1. The number of methoxy groups -OCH3 is 2. The van der Waals surface area contributed by atoms with Gasteiger partial charge < -0.3 is 29.5 Å². The monoisotopic (exact) mass is 652 g/mol. The van der Waals surface area contributed by atoms with E-state index >= 15 is 0 Å². The number of carbonyl (C=O) groups is 3. The maximum absolute atomic E-state index is 14.0. The van der Waals surface area contributed by atoms with Crippen LogP contribution in [0.2, 0.25) is 0 Å². The Morgan fingerprint density at radius 1 is 0.896 bits per heavy atom. The minimum absolute atomic E-state index is 0. The van der Waals surface area contributed by atoms with Crippen molar-refractivity contribution in [3.05, 3.63) is 121 Å². The van der Waals surface area contributed by atoms with Gasteiger partial charge in [0, 0.05) is 27.6 Å². The molecule has 12 heteroatoms. The zero-order valence-electron chi connectivity index (χ0n) is 26.9. The Hall–Kier alpha value is -5.33. The number of carboxylic acids is 1. The maximum Gasteiger partial charge on any atom is 2.00 e. The standard InChI is InChI=1S/C36H30N4O7.Mg/c1-8-18-15(3)21-12-22-16(4)20(10-11-27(41)42)32(39-22)30-31(36(45)47-7)34(43)28-17(5)23(40-33(28)30)13-25-19(9-2)29(35(44)46-6)26(38-25)14-24(18)37-21;/h8-14,31,38,43H,1-2H2,3-7H3,(H,41,42);/q;+2/p-2/b11-10+,21-12?,25-13?,26-14?,32-30?;/t31-;/m1./s1. The number of hydrogen-bond acceptors (Lipinski definition) is 10. The molecule has 5 aliphatic rings. The molecule has 0 spiro atoms. The third-order valence-corrected chi connectivity index (χ3v) is 8.67. The molecule has 1 aliphatic carbocycles. The van der Waals surface area contributed by atoms with Crippen molar-refractivity contribution in [2.75, 3.05) is 14.2 Å². The number of nitrogens with zero attached hydrogens (tertiary/aromatic N) is 3. The maximum atomic E-state index is 14.0. The third kappa shape index (κ3) is 5.13. The normalized spacial score (nSPS) is 19.5. The average molecular weight is 653 g/mol. The van der Waals surface area contributed by atoms with E-state index in [0.29, 0.717) is 61.4 Å². The van der Waals surface area contributed by atoms with Crippen molar-refractivity contribution in [3.8, 4) is 0 Å². The van der Waals surface area contributed by atoms with Crippen LogP contribution in [0.3, 0.4) is 0 Å². The van der Waals surface area contributed by atoms with E-state index in [9.17, 15) is 24.6 Å². The van der Waals surface area contributed by atoms with Crippen LogP contribution in [0.5, 0.6) is 0 Å². The smallest absolute Gasteiger partial charge is 0.874 e. The minimum Gasteiger partial charge on any atom is -0.874 e. The minimum atomic E-state index is -1.43. The molecule has 0 fully saturated rings. The molecule has 0 saturated carbocycles. The summed E-state index contributed by atoms with van der Waals surface area (Å²) >= 11 is 0. The topological polar surface area (TPSA) is 169 Å². The summed E-state index contributed by atoms with van der Waals surface area (Å²) in [7, 11) is 2.47. The summed E-state index contributed by atoms with van der Waals surface area (Å²) in [6, 6.07) is 0. The first-order valence-electron chi connectivity index (χ1n) is 14.5. The molecule has 1 aromatic heterocycles. The van der Waals surface area contributed by atoms with Crippen molar-refractivity contribution in [2.24, 2.45) is 20.9 Å². The number of ether oxygens (including phenoxy) is 2. The van der Waals surface area contributed by atoms with E-state index in [1.165, 1.54) is 26.4 Å². The number of carboxylic acid groups (broad SMARTS) is 1. The average Bonchev–Trinajstić information content (AvgIpc) is 3.79. The number of aromatic nitrogens is 1. The van der Waals surface area contributed by atoms with Gasteiger partial charge in [-0.05, 0) is 67.4 Å². The number of rotatable bonds is 6. The molecule has 1 atom stereocenters. The van der Waals surface area contributed by atoms with Crippen LogP contribution in [-0.4, -0.2) is 77.3 Å². The van der Waals surface area contributed by atoms with Crippen molar-refractivity contribution in [1.29, 1.82) is 0 Å². The molecule has 6 rings (SSSR count). The zero-order chi connectivity index (χ0) is 33.9. The number of esters is 2. The first-order valence-corrected chi connectivity index (χ1v) is 14.5.